The molecule has 1 atom stereocenters. The number of aliphatic hydroxyl groups excluding tert-OH is 2. The third-order valence-electron chi connectivity index (χ3n) is 4.01. The van der Waals surface area contributed by atoms with Crippen LogP contribution in [0.15, 0.2) is 12.2 Å². The number of allylic oxidation sites excluding steroid dienone is 2. The van der Waals surface area contributed by atoms with Gasteiger partial charge < -0.3 is 10.2 Å². The minimum Gasteiger partial charge on any atom is -0.394 e. The van der Waals surface area contributed by atoms with Crippen molar-refractivity contribution in [1.29, 1.82) is 0 Å². The normalized spacial score (nSPS) is 13.1. The molecule has 126 valence electrons. The molecule has 21 heavy (non-hydrogen) atoms. The van der Waals surface area contributed by atoms with Gasteiger partial charge in [-0.25, -0.2) is 0 Å². The second-order valence-electron chi connectivity index (χ2n) is 6.21. The molecule has 0 aromatic rings. The Morgan fingerprint density at radius 2 is 1.19 bits per heavy atom. The zero-order valence-electron chi connectivity index (χ0n) is 14.2. The van der Waals surface area contributed by atoms with Crippen LogP contribution in [0.4, 0.5) is 0 Å². The van der Waals surface area contributed by atoms with Crippen LogP contribution in [0.3, 0.4) is 0 Å². The summed E-state index contributed by atoms with van der Waals surface area (Å²) in [7, 11) is 0. The van der Waals surface area contributed by atoms with Crippen LogP contribution in [0.5, 0.6) is 0 Å². The van der Waals surface area contributed by atoms with Gasteiger partial charge in [-0.05, 0) is 32.1 Å². The van der Waals surface area contributed by atoms with Crippen LogP contribution in [0, 0.1) is 0 Å². The smallest absolute Gasteiger partial charge is 0.0770 e. The van der Waals surface area contributed by atoms with Gasteiger partial charge >= 0.3 is 0 Å². The van der Waals surface area contributed by atoms with E-state index >= 15 is 0 Å². The molecule has 0 bridgehead atoms. The number of unbranched alkanes of at least 4 members (excludes halogenated alkanes) is 11. The molecular formula is C19H38O2. The van der Waals surface area contributed by atoms with Crippen LogP contribution in [0.1, 0.15) is 96.8 Å². The molecule has 0 saturated carbocycles. The molecule has 2 N–H and O–H groups in total. The fourth-order valence-electron chi connectivity index (χ4n) is 2.54. The molecule has 0 aliphatic carbocycles. The molecule has 0 amide bonds. The Kier molecular flexibility index (Phi) is 17.4. The maximum absolute atomic E-state index is 9.20. The summed E-state index contributed by atoms with van der Waals surface area (Å²) in [6, 6.07) is 0. The first-order valence-corrected chi connectivity index (χ1v) is 9.25. The molecule has 1 unspecified atom stereocenters. The summed E-state index contributed by atoms with van der Waals surface area (Å²) in [6.45, 7) is 2.17. The largest absolute Gasteiger partial charge is 0.394 e. The standard InChI is InChI=1S/C19H38O2/c1-2-3-4-5-6-7-8-9-10-11-12-13-14-15-16-17-19(21)18-20/h9-10,19-21H,2-8,11-18H2,1H3/b10-9-. The van der Waals surface area contributed by atoms with Gasteiger partial charge in [0.1, 0.15) is 0 Å². The molecule has 0 aliphatic heterocycles. The lowest BCUT2D eigenvalue weighted by atomic mass is 10.1. The SMILES string of the molecule is CCCCCCCC/C=C\CCCCCCCC(O)CO. The van der Waals surface area contributed by atoms with Crippen LogP contribution in [-0.4, -0.2) is 22.9 Å². The van der Waals surface area contributed by atoms with Gasteiger partial charge in [0.05, 0.1) is 12.7 Å². The van der Waals surface area contributed by atoms with Gasteiger partial charge in [-0.3, -0.25) is 0 Å². The first-order chi connectivity index (χ1) is 10.3. The number of hydrogen-bond donors (Lipinski definition) is 2. The van der Waals surface area contributed by atoms with Crippen LogP contribution in [0.2, 0.25) is 0 Å². The van der Waals surface area contributed by atoms with E-state index in [9.17, 15) is 5.11 Å². The third-order valence-corrected chi connectivity index (χ3v) is 4.01. The van der Waals surface area contributed by atoms with Crippen molar-refractivity contribution in [2.45, 2.75) is 103 Å². The fourth-order valence-corrected chi connectivity index (χ4v) is 2.54. The first-order valence-electron chi connectivity index (χ1n) is 9.25. The quantitative estimate of drug-likeness (QED) is 0.297. The van der Waals surface area contributed by atoms with E-state index in [1.54, 1.807) is 0 Å². The average Bonchev–Trinajstić information content (AvgIpc) is 2.50. The first kappa shape index (κ1) is 20.7. The molecule has 0 radical (unpaired) electrons. The minimum atomic E-state index is -0.505. The lowest BCUT2D eigenvalue weighted by Gasteiger charge is -2.05. The van der Waals surface area contributed by atoms with Crippen molar-refractivity contribution in [3.05, 3.63) is 12.2 Å². The van der Waals surface area contributed by atoms with Gasteiger partial charge in [-0.15, -0.1) is 0 Å². The van der Waals surface area contributed by atoms with E-state index in [2.05, 4.69) is 19.1 Å². The molecule has 0 fully saturated rings. The van der Waals surface area contributed by atoms with Crippen molar-refractivity contribution in [3.63, 3.8) is 0 Å². The molecular weight excluding hydrogens is 260 g/mol. The van der Waals surface area contributed by atoms with Crippen LogP contribution in [-0.2, 0) is 0 Å². The molecule has 0 aromatic heterocycles. The van der Waals surface area contributed by atoms with Gasteiger partial charge in [0, 0.05) is 0 Å². The highest BCUT2D eigenvalue weighted by molar-refractivity contribution is 4.81. The lowest BCUT2D eigenvalue weighted by molar-refractivity contribution is 0.0860. The van der Waals surface area contributed by atoms with Crippen molar-refractivity contribution in [2.75, 3.05) is 6.61 Å². The number of rotatable bonds is 16. The second kappa shape index (κ2) is 17.7. The Bertz CT molecular complexity index is 214. The van der Waals surface area contributed by atoms with Gasteiger partial charge in [-0.2, -0.15) is 0 Å². The molecule has 0 rings (SSSR count). The monoisotopic (exact) mass is 298 g/mol. The highest BCUT2D eigenvalue weighted by atomic mass is 16.3. The van der Waals surface area contributed by atoms with Gasteiger partial charge in [0.25, 0.3) is 0 Å². The van der Waals surface area contributed by atoms with Crippen LogP contribution in [0.25, 0.3) is 0 Å². The van der Waals surface area contributed by atoms with E-state index in [4.69, 9.17) is 5.11 Å². The summed E-state index contributed by atoms with van der Waals surface area (Å²) in [5, 5.41) is 17.9. The van der Waals surface area contributed by atoms with Crippen molar-refractivity contribution < 1.29 is 10.2 Å². The van der Waals surface area contributed by atoms with E-state index in [-0.39, 0.29) is 6.61 Å². The van der Waals surface area contributed by atoms with Crippen molar-refractivity contribution in [1.82, 2.24) is 0 Å². The summed E-state index contributed by atoms with van der Waals surface area (Å²) in [5.41, 5.74) is 0. The summed E-state index contributed by atoms with van der Waals surface area (Å²) in [6.07, 6.45) is 21.8. The molecule has 2 nitrogen and oxygen atoms in total. The van der Waals surface area contributed by atoms with E-state index in [0.717, 1.165) is 12.8 Å². The summed E-state index contributed by atoms with van der Waals surface area (Å²) in [4.78, 5) is 0. The Morgan fingerprint density at radius 3 is 1.71 bits per heavy atom. The van der Waals surface area contributed by atoms with E-state index in [1.807, 2.05) is 0 Å². The maximum atomic E-state index is 9.20. The predicted octanol–water partition coefficient (Wildman–Crippen LogP) is 5.38. The summed E-state index contributed by atoms with van der Waals surface area (Å²) >= 11 is 0. The van der Waals surface area contributed by atoms with E-state index in [1.165, 1.54) is 77.0 Å². The molecule has 0 heterocycles. The Morgan fingerprint density at radius 1 is 0.714 bits per heavy atom. The van der Waals surface area contributed by atoms with Gasteiger partial charge in [-0.1, -0.05) is 76.9 Å². The second-order valence-corrected chi connectivity index (χ2v) is 6.21. The Hall–Kier alpha value is -0.340. The maximum Gasteiger partial charge on any atom is 0.0770 e. The third kappa shape index (κ3) is 17.6. The van der Waals surface area contributed by atoms with Crippen molar-refractivity contribution in [3.8, 4) is 0 Å². The molecule has 0 saturated heterocycles. The molecule has 2 heteroatoms. The van der Waals surface area contributed by atoms with Crippen molar-refractivity contribution in [2.24, 2.45) is 0 Å². The van der Waals surface area contributed by atoms with Gasteiger partial charge in [0.2, 0.25) is 0 Å². The average molecular weight is 299 g/mol. The van der Waals surface area contributed by atoms with E-state index < -0.39 is 6.10 Å². The number of aliphatic hydroxyl groups is 2. The molecule has 0 aromatic carbocycles. The Labute approximate surface area is 132 Å². The summed E-state index contributed by atoms with van der Waals surface area (Å²) in [5.74, 6) is 0. The highest BCUT2D eigenvalue weighted by Gasteiger charge is 2.00. The fraction of sp³-hybridized carbons (Fsp3) is 0.895. The zero-order chi connectivity index (χ0) is 15.6. The predicted molar refractivity (Wildman–Crippen MR) is 92.5 cm³/mol. The highest BCUT2D eigenvalue weighted by Crippen LogP contribution is 2.10. The van der Waals surface area contributed by atoms with Crippen LogP contribution < -0.4 is 0 Å². The lowest BCUT2D eigenvalue weighted by Crippen LogP contribution is -2.10. The molecule has 0 aliphatic rings. The van der Waals surface area contributed by atoms with Crippen molar-refractivity contribution >= 4 is 0 Å². The zero-order valence-corrected chi connectivity index (χ0v) is 14.2. The minimum absolute atomic E-state index is 0.0939. The Balaban J connectivity index is 3.08. The topological polar surface area (TPSA) is 40.5 Å². The molecule has 0 spiro atoms. The summed E-state index contributed by atoms with van der Waals surface area (Å²) < 4.78 is 0. The van der Waals surface area contributed by atoms with E-state index in [0.29, 0.717) is 0 Å². The number of hydrogen-bond acceptors (Lipinski definition) is 2. The van der Waals surface area contributed by atoms with Gasteiger partial charge in [0.15, 0.2) is 0 Å². The van der Waals surface area contributed by atoms with Crippen LogP contribution >= 0.6 is 0 Å².